The highest BCUT2D eigenvalue weighted by molar-refractivity contribution is 7.89. The van der Waals surface area contributed by atoms with Crippen LogP contribution in [-0.2, 0) is 26.1 Å². The van der Waals surface area contributed by atoms with E-state index in [1.54, 1.807) is 18.2 Å². The Kier molecular flexibility index (Phi) is 7.57. The zero-order chi connectivity index (χ0) is 23.3. The number of amides is 1. The van der Waals surface area contributed by atoms with Gasteiger partial charge in [-0.25, -0.2) is 17.9 Å². The summed E-state index contributed by atoms with van der Waals surface area (Å²) < 4.78 is 37.4. The van der Waals surface area contributed by atoms with Crippen molar-refractivity contribution in [1.29, 1.82) is 0 Å². The fourth-order valence-electron chi connectivity index (χ4n) is 2.54. The Bertz CT molecular complexity index is 1210. The number of hydrogen-bond acceptors (Lipinski definition) is 6. The molecule has 0 spiro atoms. The number of rotatable bonds is 8. The Labute approximate surface area is 194 Å². The fourth-order valence-corrected chi connectivity index (χ4v) is 3.87. The van der Waals surface area contributed by atoms with Crippen LogP contribution < -0.4 is 10.0 Å². The highest BCUT2D eigenvalue weighted by atomic mass is 35.5. The second-order valence-electron chi connectivity index (χ2n) is 6.59. The van der Waals surface area contributed by atoms with Gasteiger partial charge in [-0.2, -0.15) is 0 Å². The highest BCUT2D eigenvalue weighted by Gasteiger charge is 2.21. The molecule has 1 heterocycles. The van der Waals surface area contributed by atoms with Crippen molar-refractivity contribution in [3.05, 3.63) is 82.2 Å². The minimum Gasteiger partial charge on any atom is -0.468 e. The standard InChI is InChI=1S/C21H18Cl2N2O6S/c1-13(20(26)25-19-11-15(22)6-9-18(19)23)31-21(27)14-4-7-17(8-5-14)32(28,29)24-12-16-3-2-10-30-16/h2-11,13,24H,12H2,1H3,(H,25,26). The Morgan fingerprint density at radius 3 is 2.47 bits per heavy atom. The van der Waals surface area contributed by atoms with Gasteiger partial charge in [-0.15, -0.1) is 0 Å². The van der Waals surface area contributed by atoms with Gasteiger partial charge in [0.25, 0.3) is 5.91 Å². The largest absolute Gasteiger partial charge is 0.468 e. The average molecular weight is 497 g/mol. The molecule has 1 unspecified atom stereocenters. The lowest BCUT2D eigenvalue weighted by Crippen LogP contribution is -2.30. The van der Waals surface area contributed by atoms with Crippen molar-refractivity contribution < 1.29 is 27.2 Å². The molecule has 1 amide bonds. The molecule has 2 aromatic carbocycles. The van der Waals surface area contributed by atoms with Gasteiger partial charge in [0.1, 0.15) is 5.76 Å². The van der Waals surface area contributed by atoms with Gasteiger partial charge in [0.2, 0.25) is 10.0 Å². The molecule has 3 aromatic rings. The lowest BCUT2D eigenvalue weighted by molar-refractivity contribution is -0.123. The minimum atomic E-state index is -3.81. The van der Waals surface area contributed by atoms with Crippen molar-refractivity contribution in [3.8, 4) is 0 Å². The van der Waals surface area contributed by atoms with Gasteiger partial charge in [-0.3, -0.25) is 4.79 Å². The lowest BCUT2D eigenvalue weighted by atomic mass is 10.2. The van der Waals surface area contributed by atoms with Crippen LogP contribution in [0.1, 0.15) is 23.0 Å². The number of sulfonamides is 1. The van der Waals surface area contributed by atoms with E-state index in [0.29, 0.717) is 10.8 Å². The maximum absolute atomic E-state index is 12.4. The van der Waals surface area contributed by atoms with Gasteiger partial charge in [0, 0.05) is 5.02 Å². The summed E-state index contributed by atoms with van der Waals surface area (Å²) in [5.41, 5.74) is 0.360. The Morgan fingerprint density at radius 2 is 1.81 bits per heavy atom. The molecular formula is C21H18Cl2N2O6S. The summed E-state index contributed by atoms with van der Waals surface area (Å²) in [4.78, 5) is 24.6. The fraction of sp³-hybridized carbons (Fsp3) is 0.143. The van der Waals surface area contributed by atoms with Crippen LogP contribution in [0.5, 0.6) is 0 Å². The molecule has 0 radical (unpaired) electrons. The first kappa shape index (κ1) is 23.8. The zero-order valence-electron chi connectivity index (χ0n) is 16.7. The van der Waals surface area contributed by atoms with Crippen LogP contribution in [0.4, 0.5) is 5.69 Å². The molecule has 0 fully saturated rings. The van der Waals surface area contributed by atoms with E-state index < -0.39 is 28.0 Å². The number of carbonyl (C=O) groups is 2. The van der Waals surface area contributed by atoms with Crippen molar-refractivity contribution in [3.63, 3.8) is 0 Å². The monoisotopic (exact) mass is 496 g/mol. The van der Waals surface area contributed by atoms with E-state index in [1.807, 2.05) is 0 Å². The smallest absolute Gasteiger partial charge is 0.338 e. The maximum atomic E-state index is 12.4. The molecule has 2 N–H and O–H groups in total. The van der Waals surface area contributed by atoms with Gasteiger partial charge in [0.05, 0.1) is 34.0 Å². The molecule has 11 heteroatoms. The molecule has 8 nitrogen and oxygen atoms in total. The molecule has 0 aliphatic heterocycles. The van der Waals surface area contributed by atoms with E-state index in [9.17, 15) is 18.0 Å². The average Bonchev–Trinajstić information content (AvgIpc) is 3.29. The summed E-state index contributed by atoms with van der Waals surface area (Å²) in [7, 11) is -3.81. The van der Waals surface area contributed by atoms with Gasteiger partial charge in [0.15, 0.2) is 6.10 Å². The number of nitrogens with one attached hydrogen (secondary N) is 2. The first-order chi connectivity index (χ1) is 15.2. The highest BCUT2D eigenvalue weighted by Crippen LogP contribution is 2.25. The lowest BCUT2D eigenvalue weighted by Gasteiger charge is -2.14. The van der Waals surface area contributed by atoms with E-state index in [4.69, 9.17) is 32.4 Å². The molecule has 0 aliphatic rings. The number of benzene rings is 2. The number of halogens is 2. The summed E-state index contributed by atoms with van der Waals surface area (Å²) in [5.74, 6) is -0.943. The number of anilines is 1. The Hall–Kier alpha value is -2.85. The molecule has 32 heavy (non-hydrogen) atoms. The molecule has 1 atom stereocenters. The number of esters is 1. The van der Waals surface area contributed by atoms with Gasteiger partial charge in [-0.1, -0.05) is 23.2 Å². The number of hydrogen-bond donors (Lipinski definition) is 2. The molecule has 168 valence electrons. The van der Waals surface area contributed by atoms with Crippen molar-refractivity contribution in [2.75, 3.05) is 5.32 Å². The van der Waals surface area contributed by atoms with E-state index >= 15 is 0 Å². The summed E-state index contributed by atoms with van der Waals surface area (Å²) in [6.07, 6.45) is 0.297. The second-order valence-corrected chi connectivity index (χ2v) is 9.20. The van der Waals surface area contributed by atoms with E-state index in [2.05, 4.69) is 10.0 Å². The number of ether oxygens (including phenoxy) is 1. The Morgan fingerprint density at radius 1 is 1.09 bits per heavy atom. The predicted molar refractivity (Wildman–Crippen MR) is 119 cm³/mol. The van der Waals surface area contributed by atoms with Crippen LogP contribution in [0.3, 0.4) is 0 Å². The van der Waals surface area contributed by atoms with Crippen LogP contribution in [0.25, 0.3) is 0 Å². The normalized spacial score (nSPS) is 12.2. The minimum absolute atomic E-state index is 0.0115. The van der Waals surface area contributed by atoms with Crippen LogP contribution in [0.2, 0.25) is 10.0 Å². The third-order valence-electron chi connectivity index (χ3n) is 4.26. The molecule has 3 rings (SSSR count). The number of furan rings is 1. The van der Waals surface area contributed by atoms with Crippen LogP contribution in [0, 0.1) is 0 Å². The summed E-state index contributed by atoms with van der Waals surface area (Å²) >= 11 is 11.9. The molecule has 0 saturated carbocycles. The Balaban J connectivity index is 1.60. The van der Waals surface area contributed by atoms with E-state index in [0.717, 1.165) is 0 Å². The van der Waals surface area contributed by atoms with Crippen LogP contribution >= 0.6 is 23.2 Å². The molecule has 0 saturated heterocycles. The first-order valence-electron chi connectivity index (χ1n) is 9.25. The first-order valence-corrected chi connectivity index (χ1v) is 11.5. The van der Waals surface area contributed by atoms with E-state index in [-0.39, 0.29) is 27.7 Å². The number of carbonyl (C=O) groups excluding carboxylic acids is 2. The summed E-state index contributed by atoms with van der Waals surface area (Å²) in [6.45, 7) is 1.38. The molecular weight excluding hydrogens is 479 g/mol. The van der Waals surface area contributed by atoms with Crippen molar-refractivity contribution in [2.24, 2.45) is 0 Å². The third-order valence-corrected chi connectivity index (χ3v) is 6.24. The zero-order valence-corrected chi connectivity index (χ0v) is 19.0. The van der Waals surface area contributed by atoms with Gasteiger partial charge < -0.3 is 14.5 Å². The van der Waals surface area contributed by atoms with Gasteiger partial charge >= 0.3 is 5.97 Å². The van der Waals surface area contributed by atoms with E-state index in [1.165, 1.54) is 49.6 Å². The van der Waals surface area contributed by atoms with Gasteiger partial charge in [-0.05, 0) is 61.5 Å². The molecule has 0 bridgehead atoms. The molecule has 1 aromatic heterocycles. The quantitative estimate of drug-likeness (QED) is 0.450. The summed E-state index contributed by atoms with van der Waals surface area (Å²) in [6, 6.07) is 13.0. The summed E-state index contributed by atoms with van der Waals surface area (Å²) in [5, 5.41) is 3.19. The SMILES string of the molecule is CC(OC(=O)c1ccc(S(=O)(=O)NCc2ccco2)cc1)C(=O)Nc1cc(Cl)ccc1Cl. The van der Waals surface area contributed by atoms with Crippen LogP contribution in [-0.4, -0.2) is 26.4 Å². The molecule has 0 aliphatic carbocycles. The predicted octanol–water partition coefficient (Wildman–Crippen LogP) is 4.25. The van der Waals surface area contributed by atoms with Crippen molar-refractivity contribution >= 4 is 50.8 Å². The third kappa shape index (κ3) is 6.10. The second kappa shape index (κ2) is 10.2. The van der Waals surface area contributed by atoms with Crippen molar-refractivity contribution in [1.82, 2.24) is 4.72 Å². The maximum Gasteiger partial charge on any atom is 0.338 e. The van der Waals surface area contributed by atoms with Crippen molar-refractivity contribution in [2.45, 2.75) is 24.5 Å². The topological polar surface area (TPSA) is 115 Å². The van der Waals surface area contributed by atoms with Crippen LogP contribution in [0.15, 0.2) is 70.2 Å².